The van der Waals surface area contributed by atoms with E-state index in [9.17, 15) is 0 Å². The van der Waals surface area contributed by atoms with E-state index in [2.05, 4.69) is 22.6 Å². The van der Waals surface area contributed by atoms with Crippen LogP contribution in [0.3, 0.4) is 0 Å². The van der Waals surface area contributed by atoms with Gasteiger partial charge in [0.05, 0.1) is 12.1 Å². The van der Waals surface area contributed by atoms with Crippen molar-refractivity contribution < 1.29 is 4.74 Å². The van der Waals surface area contributed by atoms with Crippen LogP contribution in [0.2, 0.25) is 0 Å². The van der Waals surface area contributed by atoms with Gasteiger partial charge in [-0.05, 0) is 19.1 Å². The number of aromatic nitrogens is 1. The van der Waals surface area contributed by atoms with Crippen molar-refractivity contribution >= 4 is 23.1 Å². The van der Waals surface area contributed by atoms with Crippen molar-refractivity contribution in [3.8, 4) is 0 Å². The molecule has 1 aliphatic rings. The van der Waals surface area contributed by atoms with Gasteiger partial charge in [0.15, 0.2) is 0 Å². The van der Waals surface area contributed by atoms with Gasteiger partial charge < -0.3 is 10.1 Å². The number of thiazole rings is 1. The lowest BCUT2D eigenvalue weighted by Crippen LogP contribution is -2.44. The highest BCUT2D eigenvalue weighted by molar-refractivity contribution is 7.99. The second kappa shape index (κ2) is 5.49. The van der Waals surface area contributed by atoms with Crippen LogP contribution in [0.4, 0.5) is 0 Å². The Kier molecular flexibility index (Phi) is 4.24. The maximum absolute atomic E-state index is 5.10. The molecule has 1 unspecified atom stereocenters. The lowest BCUT2D eigenvalue weighted by Gasteiger charge is -2.27. The summed E-state index contributed by atoms with van der Waals surface area (Å²) >= 11 is 3.78. The topological polar surface area (TPSA) is 34.1 Å². The number of hydrogen-bond acceptors (Lipinski definition) is 5. The fraction of sp³-hybridized carbons (Fsp3) is 0.727. The normalized spacial score (nSPS) is 25.1. The summed E-state index contributed by atoms with van der Waals surface area (Å²) in [6, 6.07) is 0. The van der Waals surface area contributed by atoms with E-state index in [1.54, 1.807) is 18.4 Å². The molecule has 1 N–H and O–H groups in total. The Morgan fingerprint density at radius 1 is 1.62 bits per heavy atom. The highest BCUT2D eigenvalue weighted by atomic mass is 32.2. The Morgan fingerprint density at radius 2 is 2.50 bits per heavy atom. The van der Waals surface area contributed by atoms with Gasteiger partial charge >= 0.3 is 0 Å². The van der Waals surface area contributed by atoms with Crippen LogP contribution in [0.1, 0.15) is 17.1 Å². The van der Waals surface area contributed by atoms with Crippen LogP contribution in [0.15, 0.2) is 5.38 Å². The van der Waals surface area contributed by atoms with Crippen molar-refractivity contribution in [1.82, 2.24) is 10.3 Å². The molecule has 90 valence electrons. The molecular formula is C11H18N2OS2. The van der Waals surface area contributed by atoms with Crippen molar-refractivity contribution in [3.05, 3.63) is 16.1 Å². The summed E-state index contributed by atoms with van der Waals surface area (Å²) in [7, 11) is 1.74. The minimum Gasteiger partial charge on any atom is -0.383 e. The summed E-state index contributed by atoms with van der Waals surface area (Å²) in [5, 5.41) is 7.01. The number of hydrogen-bond donors (Lipinski definition) is 1. The molecule has 0 aromatic carbocycles. The number of nitrogens with zero attached hydrogens (tertiary/aromatic N) is 1. The van der Waals surface area contributed by atoms with Gasteiger partial charge in [0.25, 0.3) is 0 Å². The second-order valence-corrected chi connectivity index (χ2v) is 6.06. The zero-order chi connectivity index (χ0) is 11.4. The van der Waals surface area contributed by atoms with Gasteiger partial charge in [-0.15, -0.1) is 11.3 Å². The van der Waals surface area contributed by atoms with Gasteiger partial charge in [0.1, 0.15) is 5.01 Å². The molecule has 1 fully saturated rings. The van der Waals surface area contributed by atoms with Gasteiger partial charge in [-0.1, -0.05) is 0 Å². The van der Waals surface area contributed by atoms with E-state index >= 15 is 0 Å². The second-order valence-electron chi connectivity index (χ2n) is 4.10. The molecular weight excluding hydrogens is 240 g/mol. The van der Waals surface area contributed by atoms with E-state index in [1.165, 1.54) is 17.2 Å². The minimum absolute atomic E-state index is 0.0993. The SMILES string of the molecule is COCCNC1(c2nc(C)cs2)CCSC1. The van der Waals surface area contributed by atoms with Crippen molar-refractivity contribution in [2.24, 2.45) is 0 Å². The average molecular weight is 258 g/mol. The van der Waals surface area contributed by atoms with Crippen LogP contribution in [-0.4, -0.2) is 36.8 Å². The number of rotatable bonds is 5. The third-order valence-corrected chi connectivity index (χ3v) is 5.17. The van der Waals surface area contributed by atoms with Crippen LogP contribution >= 0.6 is 23.1 Å². The van der Waals surface area contributed by atoms with Gasteiger partial charge in [-0.2, -0.15) is 11.8 Å². The molecule has 0 aliphatic carbocycles. The molecule has 0 saturated carbocycles. The summed E-state index contributed by atoms with van der Waals surface area (Å²) in [4.78, 5) is 4.65. The summed E-state index contributed by atoms with van der Waals surface area (Å²) in [5.41, 5.74) is 1.23. The molecule has 0 amide bonds. The maximum atomic E-state index is 5.10. The molecule has 5 heteroatoms. The zero-order valence-corrected chi connectivity index (χ0v) is 11.4. The smallest absolute Gasteiger partial charge is 0.114 e. The first-order valence-electron chi connectivity index (χ1n) is 5.51. The number of thioether (sulfide) groups is 1. The lowest BCUT2D eigenvalue weighted by atomic mass is 10.00. The summed E-state index contributed by atoms with van der Waals surface area (Å²) < 4.78 is 5.10. The summed E-state index contributed by atoms with van der Waals surface area (Å²) in [6.45, 7) is 3.72. The largest absolute Gasteiger partial charge is 0.383 e. The molecule has 1 aromatic heterocycles. The maximum Gasteiger partial charge on any atom is 0.114 e. The molecule has 2 heterocycles. The highest BCUT2D eigenvalue weighted by Crippen LogP contribution is 2.38. The monoisotopic (exact) mass is 258 g/mol. The van der Waals surface area contributed by atoms with Gasteiger partial charge in [-0.3, -0.25) is 0 Å². The number of methoxy groups -OCH3 is 1. The van der Waals surface area contributed by atoms with E-state index < -0.39 is 0 Å². The number of ether oxygens (including phenoxy) is 1. The molecule has 0 spiro atoms. The first-order valence-corrected chi connectivity index (χ1v) is 7.55. The van der Waals surface area contributed by atoms with Crippen molar-refractivity contribution in [1.29, 1.82) is 0 Å². The first-order chi connectivity index (χ1) is 7.77. The highest BCUT2D eigenvalue weighted by Gasteiger charge is 2.38. The van der Waals surface area contributed by atoms with Gasteiger partial charge in [0, 0.05) is 30.5 Å². The number of nitrogens with one attached hydrogen (secondary N) is 1. The van der Waals surface area contributed by atoms with Crippen LogP contribution in [-0.2, 0) is 10.3 Å². The average Bonchev–Trinajstić information content (AvgIpc) is 2.88. The number of aryl methyl sites for hydroxylation is 1. The van der Waals surface area contributed by atoms with Crippen LogP contribution in [0.25, 0.3) is 0 Å². The van der Waals surface area contributed by atoms with Crippen LogP contribution < -0.4 is 5.32 Å². The van der Waals surface area contributed by atoms with Crippen LogP contribution in [0.5, 0.6) is 0 Å². The van der Waals surface area contributed by atoms with E-state index in [1.807, 2.05) is 11.8 Å². The van der Waals surface area contributed by atoms with E-state index in [0.29, 0.717) is 0 Å². The minimum atomic E-state index is 0.0993. The molecule has 2 rings (SSSR count). The Bertz CT molecular complexity index is 334. The quantitative estimate of drug-likeness (QED) is 0.819. The molecule has 1 atom stereocenters. The third kappa shape index (κ3) is 2.59. The van der Waals surface area contributed by atoms with Gasteiger partial charge in [-0.25, -0.2) is 4.98 Å². The fourth-order valence-electron chi connectivity index (χ4n) is 1.91. The Hall–Kier alpha value is -0.100. The predicted molar refractivity (Wildman–Crippen MR) is 70.3 cm³/mol. The van der Waals surface area contributed by atoms with Crippen molar-refractivity contribution in [2.75, 3.05) is 31.8 Å². The fourth-order valence-corrected chi connectivity index (χ4v) is 4.38. The van der Waals surface area contributed by atoms with Gasteiger partial charge in [0.2, 0.25) is 0 Å². The Morgan fingerprint density at radius 3 is 3.06 bits per heavy atom. The predicted octanol–water partition coefficient (Wildman–Crippen LogP) is 2.02. The standard InChI is InChI=1S/C11H18N2OS2/c1-9-7-16-10(13-9)11(3-6-15-8-11)12-4-5-14-2/h7,12H,3-6,8H2,1-2H3. The zero-order valence-electron chi connectivity index (χ0n) is 9.78. The molecule has 3 nitrogen and oxygen atoms in total. The van der Waals surface area contributed by atoms with Crippen molar-refractivity contribution in [3.63, 3.8) is 0 Å². The van der Waals surface area contributed by atoms with Crippen molar-refractivity contribution in [2.45, 2.75) is 18.9 Å². The Labute approximate surface area is 105 Å². The third-order valence-electron chi connectivity index (χ3n) is 2.82. The van der Waals surface area contributed by atoms with E-state index in [4.69, 9.17) is 4.74 Å². The molecule has 0 bridgehead atoms. The Balaban J connectivity index is 2.09. The molecule has 1 aliphatic heterocycles. The summed E-state index contributed by atoms with van der Waals surface area (Å²) in [5.74, 6) is 2.35. The molecule has 1 aromatic rings. The van der Waals surface area contributed by atoms with E-state index in [0.717, 1.165) is 24.6 Å². The van der Waals surface area contributed by atoms with Crippen LogP contribution in [0, 0.1) is 6.92 Å². The molecule has 1 saturated heterocycles. The summed E-state index contributed by atoms with van der Waals surface area (Å²) in [6.07, 6.45) is 1.17. The van der Waals surface area contributed by atoms with E-state index in [-0.39, 0.29) is 5.54 Å². The molecule has 0 radical (unpaired) electrons. The lowest BCUT2D eigenvalue weighted by molar-refractivity contribution is 0.187. The first kappa shape index (κ1) is 12.4. The molecule has 16 heavy (non-hydrogen) atoms.